The van der Waals surface area contributed by atoms with Crippen molar-refractivity contribution in [1.29, 1.82) is 5.26 Å². The normalized spacial score (nSPS) is 14.8. The monoisotopic (exact) mass is 420 g/mol. The summed E-state index contributed by atoms with van der Waals surface area (Å²) >= 11 is 0. The number of hydrogen-bond donors (Lipinski definition) is 1. The molecule has 2 aromatic rings. The first-order valence-electron chi connectivity index (χ1n) is 10.4. The predicted octanol–water partition coefficient (Wildman–Crippen LogP) is 3.14. The largest absolute Gasteiger partial charge is 0.497 e. The van der Waals surface area contributed by atoms with E-state index < -0.39 is 0 Å². The van der Waals surface area contributed by atoms with Gasteiger partial charge in [-0.3, -0.25) is 9.59 Å². The molecule has 0 spiro atoms. The number of nitrogens with zero attached hydrogens (tertiary/aromatic N) is 3. The van der Waals surface area contributed by atoms with Crippen molar-refractivity contribution in [2.24, 2.45) is 0 Å². The summed E-state index contributed by atoms with van der Waals surface area (Å²) in [5.41, 5.74) is 3.90. The molecule has 0 saturated carbocycles. The number of hydrogen-bond acceptors (Lipinski definition) is 4. The highest BCUT2D eigenvalue weighted by Crippen LogP contribution is 2.25. The van der Waals surface area contributed by atoms with Crippen molar-refractivity contribution in [3.63, 3.8) is 0 Å². The lowest BCUT2D eigenvalue weighted by Gasteiger charge is -2.32. The summed E-state index contributed by atoms with van der Waals surface area (Å²) in [6.07, 6.45) is 3.05. The molecule has 2 amide bonds. The highest BCUT2D eigenvalue weighted by Gasteiger charge is 2.25. The molecule has 1 aromatic heterocycles. The van der Waals surface area contributed by atoms with Crippen molar-refractivity contribution in [2.45, 2.75) is 39.7 Å². The van der Waals surface area contributed by atoms with Gasteiger partial charge < -0.3 is 19.5 Å². The molecule has 1 aliphatic heterocycles. The SMILES string of the molecule is COc1ccc(-n2c(C)cc(/C=C(\C#N)C(=O)N3CCC(NC(C)=O)CC3)c2C)cc1. The van der Waals surface area contributed by atoms with E-state index in [1.807, 2.05) is 44.2 Å². The number of amides is 2. The first-order chi connectivity index (χ1) is 14.8. The quantitative estimate of drug-likeness (QED) is 0.595. The Kier molecular flexibility index (Phi) is 6.81. The Balaban J connectivity index is 1.80. The molecule has 31 heavy (non-hydrogen) atoms. The Hall–Kier alpha value is -3.53. The lowest BCUT2D eigenvalue weighted by atomic mass is 10.0. The molecule has 7 nitrogen and oxygen atoms in total. The minimum atomic E-state index is -0.266. The molecule has 1 saturated heterocycles. The van der Waals surface area contributed by atoms with Gasteiger partial charge >= 0.3 is 0 Å². The van der Waals surface area contributed by atoms with Crippen LogP contribution < -0.4 is 10.1 Å². The van der Waals surface area contributed by atoms with Crippen LogP contribution in [0.1, 0.15) is 36.7 Å². The van der Waals surface area contributed by atoms with Crippen LogP contribution in [0, 0.1) is 25.2 Å². The van der Waals surface area contributed by atoms with Crippen LogP contribution in [0.4, 0.5) is 0 Å². The topological polar surface area (TPSA) is 87.4 Å². The number of piperidine rings is 1. The van der Waals surface area contributed by atoms with E-state index in [1.54, 1.807) is 18.1 Å². The van der Waals surface area contributed by atoms with Crippen molar-refractivity contribution >= 4 is 17.9 Å². The highest BCUT2D eigenvalue weighted by atomic mass is 16.5. The second-order valence-corrected chi connectivity index (χ2v) is 7.80. The molecule has 1 aliphatic rings. The van der Waals surface area contributed by atoms with Gasteiger partial charge in [0.1, 0.15) is 17.4 Å². The van der Waals surface area contributed by atoms with Gasteiger partial charge in [-0.2, -0.15) is 5.26 Å². The zero-order valence-electron chi connectivity index (χ0n) is 18.4. The number of likely N-dealkylation sites (tertiary alicyclic amines) is 1. The molecular formula is C24H28N4O3. The number of methoxy groups -OCH3 is 1. The summed E-state index contributed by atoms with van der Waals surface area (Å²) < 4.78 is 7.32. The van der Waals surface area contributed by atoms with Crippen molar-refractivity contribution in [3.05, 3.63) is 52.9 Å². The van der Waals surface area contributed by atoms with Crippen LogP contribution in [0.25, 0.3) is 11.8 Å². The molecule has 7 heteroatoms. The van der Waals surface area contributed by atoms with Crippen molar-refractivity contribution in [2.75, 3.05) is 20.2 Å². The van der Waals surface area contributed by atoms with Crippen LogP contribution in [0.2, 0.25) is 0 Å². The standard InChI is InChI=1S/C24H28N4O3/c1-16-13-19(17(2)28(16)22-5-7-23(31-4)8-6-22)14-20(15-25)24(30)27-11-9-21(10-12-27)26-18(3)29/h5-8,13-14,21H,9-12H2,1-4H3,(H,26,29)/b20-14+. The van der Waals surface area contributed by atoms with Crippen molar-refractivity contribution in [3.8, 4) is 17.5 Å². The van der Waals surface area contributed by atoms with E-state index in [9.17, 15) is 14.9 Å². The second-order valence-electron chi connectivity index (χ2n) is 7.80. The molecule has 0 aliphatic carbocycles. The Morgan fingerprint density at radius 3 is 2.39 bits per heavy atom. The Labute approximate surface area is 182 Å². The second kappa shape index (κ2) is 9.52. The minimum absolute atomic E-state index is 0.0606. The maximum atomic E-state index is 12.9. The van der Waals surface area contributed by atoms with Crippen LogP contribution in [0.3, 0.4) is 0 Å². The van der Waals surface area contributed by atoms with Gasteiger partial charge in [-0.25, -0.2) is 0 Å². The van der Waals surface area contributed by atoms with Crippen molar-refractivity contribution in [1.82, 2.24) is 14.8 Å². The summed E-state index contributed by atoms with van der Waals surface area (Å²) in [6.45, 7) is 6.51. The molecule has 1 fully saturated rings. The van der Waals surface area contributed by atoms with Crippen LogP contribution >= 0.6 is 0 Å². The highest BCUT2D eigenvalue weighted by molar-refractivity contribution is 6.02. The number of rotatable bonds is 5. The number of nitrogens with one attached hydrogen (secondary N) is 1. The number of benzene rings is 1. The summed E-state index contributed by atoms with van der Waals surface area (Å²) in [7, 11) is 1.63. The van der Waals surface area contributed by atoms with Gasteiger partial charge in [-0.05, 0) is 68.7 Å². The fourth-order valence-corrected chi connectivity index (χ4v) is 4.04. The minimum Gasteiger partial charge on any atom is -0.497 e. The maximum absolute atomic E-state index is 12.9. The number of carbonyl (C=O) groups is 2. The number of carbonyl (C=O) groups excluding carboxylic acids is 2. The Bertz CT molecular complexity index is 1040. The average molecular weight is 421 g/mol. The predicted molar refractivity (Wildman–Crippen MR) is 119 cm³/mol. The third-order valence-electron chi connectivity index (χ3n) is 5.64. The van der Waals surface area contributed by atoms with E-state index in [2.05, 4.69) is 16.0 Å². The van der Waals surface area contributed by atoms with Crippen LogP contribution in [-0.4, -0.2) is 47.5 Å². The van der Waals surface area contributed by atoms with Gasteiger partial charge in [0.2, 0.25) is 5.91 Å². The molecule has 0 unspecified atom stereocenters. The molecular weight excluding hydrogens is 392 g/mol. The van der Waals surface area contributed by atoms with Gasteiger partial charge in [0.15, 0.2) is 0 Å². The third kappa shape index (κ3) is 4.97. The summed E-state index contributed by atoms with van der Waals surface area (Å²) in [6, 6.07) is 11.9. The lowest BCUT2D eigenvalue weighted by molar-refractivity contribution is -0.127. The van der Waals surface area contributed by atoms with Crippen LogP contribution in [-0.2, 0) is 9.59 Å². The van der Waals surface area contributed by atoms with Crippen molar-refractivity contribution < 1.29 is 14.3 Å². The molecule has 1 aromatic carbocycles. The van der Waals surface area contributed by atoms with Gasteiger partial charge in [-0.1, -0.05) is 0 Å². The number of nitriles is 1. The van der Waals surface area contributed by atoms with E-state index in [0.29, 0.717) is 25.9 Å². The average Bonchev–Trinajstić information content (AvgIpc) is 3.04. The van der Waals surface area contributed by atoms with E-state index in [1.165, 1.54) is 6.92 Å². The number of aromatic nitrogens is 1. The van der Waals surface area contributed by atoms with Crippen LogP contribution in [0.15, 0.2) is 35.9 Å². The zero-order valence-corrected chi connectivity index (χ0v) is 18.4. The molecule has 1 N–H and O–H groups in total. The van der Waals surface area contributed by atoms with Crippen LogP contribution in [0.5, 0.6) is 5.75 Å². The number of ether oxygens (including phenoxy) is 1. The number of aryl methyl sites for hydroxylation is 1. The summed E-state index contributed by atoms with van der Waals surface area (Å²) in [5, 5.41) is 12.6. The first kappa shape index (κ1) is 22.2. The molecule has 2 heterocycles. The van der Waals surface area contributed by atoms with Gasteiger partial charge in [0, 0.05) is 43.1 Å². The smallest absolute Gasteiger partial charge is 0.264 e. The van der Waals surface area contributed by atoms with Gasteiger partial charge in [0.25, 0.3) is 5.91 Å². The first-order valence-corrected chi connectivity index (χ1v) is 10.4. The zero-order chi connectivity index (χ0) is 22.5. The third-order valence-corrected chi connectivity index (χ3v) is 5.64. The fraction of sp³-hybridized carbons (Fsp3) is 0.375. The fourth-order valence-electron chi connectivity index (χ4n) is 4.04. The molecule has 0 bridgehead atoms. The molecule has 3 rings (SSSR count). The molecule has 0 radical (unpaired) electrons. The van der Waals surface area contributed by atoms with E-state index in [0.717, 1.165) is 28.4 Å². The lowest BCUT2D eigenvalue weighted by Crippen LogP contribution is -2.46. The Morgan fingerprint density at radius 2 is 1.84 bits per heavy atom. The maximum Gasteiger partial charge on any atom is 0.264 e. The summed E-state index contributed by atoms with van der Waals surface area (Å²) in [5.74, 6) is 0.457. The molecule has 0 atom stereocenters. The van der Waals surface area contributed by atoms with E-state index in [4.69, 9.17) is 4.74 Å². The van der Waals surface area contributed by atoms with Gasteiger partial charge in [-0.15, -0.1) is 0 Å². The van der Waals surface area contributed by atoms with E-state index in [-0.39, 0.29) is 23.4 Å². The Morgan fingerprint density at radius 1 is 1.19 bits per heavy atom. The van der Waals surface area contributed by atoms with E-state index >= 15 is 0 Å². The van der Waals surface area contributed by atoms with Gasteiger partial charge in [0.05, 0.1) is 7.11 Å². The summed E-state index contributed by atoms with van der Waals surface area (Å²) in [4.78, 5) is 25.9. The molecule has 162 valence electrons.